The maximum atomic E-state index is 12.6. The molecule has 2 rings (SSSR count). The summed E-state index contributed by atoms with van der Waals surface area (Å²) in [7, 11) is 0. The van der Waals surface area contributed by atoms with Gasteiger partial charge in [0.05, 0.1) is 7.14 Å². The second kappa shape index (κ2) is 9.25. The fraction of sp³-hybridized carbons (Fsp3) is 0.571. The van der Waals surface area contributed by atoms with E-state index in [9.17, 15) is 18.3 Å². The zero-order valence-corrected chi connectivity index (χ0v) is 17.3. The highest BCUT2D eigenvalue weighted by atomic mass is 127. The first-order valence-corrected chi connectivity index (χ1v) is 9.13. The van der Waals surface area contributed by atoms with Crippen molar-refractivity contribution in [2.75, 3.05) is 26.2 Å². The Hall–Kier alpha value is 0.480. The van der Waals surface area contributed by atoms with E-state index in [2.05, 4.69) is 10.2 Å². The number of piperazine rings is 1. The molecule has 2 N–H and O–H groups in total. The fourth-order valence-electron chi connectivity index (χ4n) is 2.63. The summed E-state index contributed by atoms with van der Waals surface area (Å²) < 4.78 is 39.3. The first kappa shape index (κ1) is 21.5. The van der Waals surface area contributed by atoms with E-state index in [1.807, 2.05) is 45.2 Å². The molecule has 0 bridgehead atoms. The molecule has 1 atom stereocenters. The third kappa shape index (κ3) is 6.37. The highest BCUT2D eigenvalue weighted by Crippen LogP contribution is 2.36. The van der Waals surface area contributed by atoms with E-state index in [0.717, 1.165) is 31.7 Å². The molecule has 1 aromatic carbocycles. The monoisotopic (exact) mass is 576 g/mol. The van der Waals surface area contributed by atoms with Crippen LogP contribution in [0.3, 0.4) is 0 Å². The molecule has 0 aromatic heterocycles. The lowest BCUT2D eigenvalue weighted by Gasteiger charge is -2.35. The first-order valence-electron chi connectivity index (χ1n) is 6.97. The Balaban J connectivity index is 0.00000264. The van der Waals surface area contributed by atoms with E-state index in [-0.39, 0.29) is 30.6 Å². The Kier molecular flexibility index (Phi) is 8.66. The quantitative estimate of drug-likeness (QED) is 0.525. The number of hydrogen-bond donors (Lipinski definition) is 2. The summed E-state index contributed by atoms with van der Waals surface area (Å²) in [5.74, 6) is 0.194. The van der Waals surface area contributed by atoms with Gasteiger partial charge in [0.1, 0.15) is 5.75 Å². The van der Waals surface area contributed by atoms with Crippen molar-refractivity contribution in [3.63, 3.8) is 0 Å². The molecule has 23 heavy (non-hydrogen) atoms. The molecule has 1 fully saturated rings. The zero-order chi connectivity index (χ0) is 16.3. The van der Waals surface area contributed by atoms with Crippen molar-refractivity contribution >= 4 is 57.6 Å². The van der Waals surface area contributed by atoms with Crippen molar-refractivity contribution in [3.05, 3.63) is 24.8 Å². The highest BCUT2D eigenvalue weighted by molar-refractivity contribution is 14.1. The SMILES string of the molecule is Cl.Oc1c(I)cc([C@H](CCC(F)(F)F)N2CCNCC2)cc1I. The summed E-state index contributed by atoms with van der Waals surface area (Å²) in [5.41, 5.74) is 0.845. The van der Waals surface area contributed by atoms with Gasteiger partial charge in [0.15, 0.2) is 0 Å². The van der Waals surface area contributed by atoms with Crippen LogP contribution in [0.4, 0.5) is 13.2 Å². The molecule has 0 amide bonds. The predicted molar refractivity (Wildman–Crippen MR) is 103 cm³/mol. The van der Waals surface area contributed by atoms with Crippen LogP contribution in [-0.2, 0) is 0 Å². The average molecular weight is 577 g/mol. The van der Waals surface area contributed by atoms with E-state index < -0.39 is 12.6 Å². The number of alkyl halides is 3. The molecule has 1 saturated heterocycles. The number of nitrogens with one attached hydrogen (secondary N) is 1. The minimum Gasteiger partial charge on any atom is -0.506 e. The van der Waals surface area contributed by atoms with E-state index in [1.54, 1.807) is 12.1 Å². The summed E-state index contributed by atoms with van der Waals surface area (Å²) in [6.07, 6.45) is -4.90. The van der Waals surface area contributed by atoms with E-state index in [0.29, 0.717) is 7.14 Å². The Labute approximate surface area is 167 Å². The summed E-state index contributed by atoms with van der Waals surface area (Å²) in [5, 5.41) is 13.1. The second-order valence-electron chi connectivity index (χ2n) is 5.29. The maximum Gasteiger partial charge on any atom is 0.389 e. The normalized spacial score (nSPS) is 17.6. The molecule has 0 radical (unpaired) electrons. The maximum absolute atomic E-state index is 12.6. The third-order valence-corrected chi connectivity index (χ3v) is 5.36. The van der Waals surface area contributed by atoms with Crippen LogP contribution in [0.5, 0.6) is 5.75 Å². The standard InChI is InChI=1S/C14H17F3I2N2O.ClH/c15-14(16,17)2-1-12(21-5-3-20-4-6-21)9-7-10(18)13(22)11(19)8-9;/h7-8,12,20,22H,1-6H2;1H/t12-;/m0./s1. The van der Waals surface area contributed by atoms with Crippen LogP contribution in [0.15, 0.2) is 12.1 Å². The Morgan fingerprint density at radius 2 is 1.70 bits per heavy atom. The van der Waals surface area contributed by atoms with Gasteiger partial charge in [-0.15, -0.1) is 12.4 Å². The smallest absolute Gasteiger partial charge is 0.389 e. The van der Waals surface area contributed by atoms with Gasteiger partial charge in [-0.3, -0.25) is 4.90 Å². The van der Waals surface area contributed by atoms with Crippen molar-refractivity contribution in [2.45, 2.75) is 25.1 Å². The number of benzene rings is 1. The molecular weight excluding hydrogens is 558 g/mol. The molecule has 1 aliphatic rings. The van der Waals surface area contributed by atoms with E-state index >= 15 is 0 Å². The van der Waals surface area contributed by atoms with Crippen LogP contribution in [0.2, 0.25) is 0 Å². The number of nitrogens with zero attached hydrogens (tertiary/aromatic N) is 1. The van der Waals surface area contributed by atoms with Gasteiger partial charge in [0.25, 0.3) is 0 Å². The molecule has 0 aliphatic carbocycles. The summed E-state index contributed by atoms with van der Waals surface area (Å²) in [4.78, 5) is 2.10. The Morgan fingerprint density at radius 3 is 2.17 bits per heavy atom. The molecule has 0 unspecified atom stereocenters. The number of rotatable bonds is 4. The van der Waals surface area contributed by atoms with Crippen LogP contribution in [-0.4, -0.2) is 42.4 Å². The van der Waals surface area contributed by atoms with Gasteiger partial charge in [-0.05, 0) is 69.3 Å². The lowest BCUT2D eigenvalue weighted by molar-refractivity contribution is -0.138. The van der Waals surface area contributed by atoms with E-state index in [1.165, 1.54) is 0 Å². The predicted octanol–water partition coefficient (Wildman–Crippen LogP) is 4.31. The number of hydrogen-bond acceptors (Lipinski definition) is 3. The molecule has 132 valence electrons. The molecule has 3 nitrogen and oxygen atoms in total. The first-order chi connectivity index (χ1) is 10.3. The van der Waals surface area contributed by atoms with Crippen LogP contribution in [0.1, 0.15) is 24.4 Å². The van der Waals surface area contributed by atoms with Crippen molar-refractivity contribution in [2.24, 2.45) is 0 Å². The number of phenols is 1. The number of halogens is 6. The largest absolute Gasteiger partial charge is 0.506 e. The van der Waals surface area contributed by atoms with Crippen molar-refractivity contribution in [1.29, 1.82) is 0 Å². The second-order valence-corrected chi connectivity index (χ2v) is 7.61. The molecular formula is C14H18ClF3I2N2O. The molecule has 0 saturated carbocycles. The lowest BCUT2D eigenvalue weighted by Crippen LogP contribution is -2.45. The van der Waals surface area contributed by atoms with Crippen LogP contribution < -0.4 is 5.32 Å². The van der Waals surface area contributed by atoms with Gasteiger partial charge in [0, 0.05) is 38.6 Å². The summed E-state index contributed by atoms with van der Waals surface area (Å²) >= 11 is 4.03. The average Bonchev–Trinajstić information content (AvgIpc) is 2.45. The minimum atomic E-state index is -4.15. The molecule has 1 aromatic rings. The van der Waals surface area contributed by atoms with Gasteiger partial charge in [0.2, 0.25) is 0 Å². The zero-order valence-electron chi connectivity index (χ0n) is 12.2. The molecule has 0 spiro atoms. The molecule has 1 aliphatic heterocycles. The van der Waals surface area contributed by atoms with Gasteiger partial charge < -0.3 is 10.4 Å². The molecule has 1 heterocycles. The lowest BCUT2D eigenvalue weighted by atomic mass is 9.99. The highest BCUT2D eigenvalue weighted by Gasteiger charge is 2.31. The van der Waals surface area contributed by atoms with Crippen LogP contribution in [0, 0.1) is 7.14 Å². The van der Waals surface area contributed by atoms with Crippen molar-refractivity contribution in [3.8, 4) is 5.75 Å². The third-order valence-electron chi connectivity index (χ3n) is 3.72. The minimum absolute atomic E-state index is 0. The van der Waals surface area contributed by atoms with Gasteiger partial charge in [-0.2, -0.15) is 13.2 Å². The number of aromatic hydroxyl groups is 1. The Morgan fingerprint density at radius 1 is 1.17 bits per heavy atom. The topological polar surface area (TPSA) is 35.5 Å². The van der Waals surface area contributed by atoms with Crippen molar-refractivity contribution in [1.82, 2.24) is 10.2 Å². The van der Waals surface area contributed by atoms with Gasteiger partial charge in [-0.25, -0.2) is 0 Å². The number of phenolic OH excluding ortho intramolecular Hbond substituents is 1. The van der Waals surface area contributed by atoms with Crippen LogP contribution in [0.25, 0.3) is 0 Å². The summed E-state index contributed by atoms with van der Waals surface area (Å²) in [6.45, 7) is 3.04. The fourth-order valence-corrected chi connectivity index (χ4v) is 4.45. The Bertz CT molecular complexity index is 502. The summed E-state index contributed by atoms with van der Waals surface area (Å²) in [6, 6.07) is 3.31. The molecule has 9 heteroatoms. The van der Waals surface area contributed by atoms with Gasteiger partial charge in [-0.1, -0.05) is 0 Å². The van der Waals surface area contributed by atoms with Gasteiger partial charge >= 0.3 is 6.18 Å². The van der Waals surface area contributed by atoms with Crippen molar-refractivity contribution < 1.29 is 18.3 Å². The van der Waals surface area contributed by atoms with E-state index in [4.69, 9.17) is 0 Å². The van der Waals surface area contributed by atoms with Crippen LogP contribution >= 0.6 is 57.6 Å².